The number of thiazole rings is 1. The van der Waals surface area contributed by atoms with E-state index < -0.39 is 0 Å². The number of nitrogens with one attached hydrogen (secondary N) is 1. The van der Waals surface area contributed by atoms with Gasteiger partial charge in [-0.05, 0) is 42.7 Å². The van der Waals surface area contributed by atoms with Gasteiger partial charge in [-0.25, -0.2) is 4.98 Å². The third-order valence-corrected chi connectivity index (χ3v) is 7.85. The first-order chi connectivity index (χ1) is 16.4. The summed E-state index contributed by atoms with van der Waals surface area (Å²) in [6.45, 7) is 0. The number of nitro groups is 1. The van der Waals surface area contributed by atoms with E-state index in [1.54, 1.807) is 31.3 Å². The topological polar surface area (TPSA) is 101 Å². The van der Waals surface area contributed by atoms with Crippen LogP contribution in [0.1, 0.15) is 37.7 Å². The van der Waals surface area contributed by atoms with Crippen molar-refractivity contribution in [3.63, 3.8) is 0 Å². The van der Waals surface area contributed by atoms with Gasteiger partial charge in [0, 0.05) is 32.4 Å². The number of fused-ring (bicyclic) bond motifs is 1. The molecule has 1 aliphatic rings. The van der Waals surface area contributed by atoms with E-state index in [4.69, 9.17) is 0 Å². The zero-order valence-electron chi connectivity index (χ0n) is 19.2. The standard InChI is InChI=1S/C24H27N5O3S2/c1-28(2)20-11-8-16(12-21(20)29(31)32)14-25-18-9-10-19-22(13-18)34-24(27-19)33-15-23(30)26-17-6-4-3-5-7-17/h8-14,17H,3-7,15H2,1-2H3,(H,26,30). The van der Waals surface area contributed by atoms with E-state index in [1.165, 1.54) is 48.4 Å². The largest absolute Gasteiger partial charge is 0.372 e. The molecule has 0 radical (unpaired) electrons. The minimum absolute atomic E-state index is 0.0426. The highest BCUT2D eigenvalue weighted by Crippen LogP contribution is 2.32. The van der Waals surface area contributed by atoms with Crippen molar-refractivity contribution in [2.75, 3.05) is 24.7 Å². The number of benzene rings is 2. The third kappa shape index (κ3) is 6.12. The summed E-state index contributed by atoms with van der Waals surface area (Å²) in [5.74, 6) is 0.430. The maximum absolute atomic E-state index is 12.3. The highest BCUT2D eigenvalue weighted by Gasteiger charge is 2.17. The third-order valence-electron chi connectivity index (χ3n) is 5.69. The molecule has 10 heteroatoms. The minimum atomic E-state index is -0.384. The molecule has 1 heterocycles. The van der Waals surface area contributed by atoms with Crippen LogP contribution in [0, 0.1) is 10.1 Å². The van der Waals surface area contributed by atoms with Crippen LogP contribution in [0.2, 0.25) is 0 Å². The van der Waals surface area contributed by atoms with Crippen LogP contribution >= 0.6 is 23.1 Å². The lowest BCUT2D eigenvalue weighted by Gasteiger charge is -2.22. The van der Waals surface area contributed by atoms with Crippen molar-refractivity contribution in [1.29, 1.82) is 0 Å². The molecule has 0 aliphatic heterocycles. The van der Waals surface area contributed by atoms with Gasteiger partial charge in [-0.2, -0.15) is 0 Å². The van der Waals surface area contributed by atoms with Crippen molar-refractivity contribution in [3.05, 3.63) is 52.1 Å². The van der Waals surface area contributed by atoms with Gasteiger partial charge < -0.3 is 10.2 Å². The Kier molecular flexibility index (Phi) is 7.79. The molecule has 0 unspecified atom stereocenters. The van der Waals surface area contributed by atoms with Crippen LogP contribution in [0.5, 0.6) is 0 Å². The molecule has 1 fully saturated rings. The Balaban J connectivity index is 1.41. The van der Waals surface area contributed by atoms with Crippen LogP contribution in [-0.2, 0) is 4.79 Å². The van der Waals surface area contributed by atoms with E-state index in [1.807, 2.05) is 24.3 Å². The molecule has 178 valence electrons. The fourth-order valence-corrected chi connectivity index (χ4v) is 5.88. The monoisotopic (exact) mass is 497 g/mol. The van der Waals surface area contributed by atoms with Gasteiger partial charge in [-0.15, -0.1) is 11.3 Å². The second-order valence-corrected chi connectivity index (χ2v) is 10.7. The summed E-state index contributed by atoms with van der Waals surface area (Å²) in [5.41, 5.74) is 2.85. The summed E-state index contributed by atoms with van der Waals surface area (Å²) < 4.78 is 1.84. The normalized spacial score (nSPS) is 14.5. The van der Waals surface area contributed by atoms with E-state index >= 15 is 0 Å². The lowest BCUT2D eigenvalue weighted by molar-refractivity contribution is -0.384. The van der Waals surface area contributed by atoms with Crippen molar-refractivity contribution in [2.45, 2.75) is 42.5 Å². The minimum Gasteiger partial charge on any atom is -0.372 e. The molecule has 34 heavy (non-hydrogen) atoms. The number of carbonyl (C=O) groups excluding carboxylic acids is 1. The molecular weight excluding hydrogens is 470 g/mol. The van der Waals surface area contributed by atoms with Crippen molar-refractivity contribution in [1.82, 2.24) is 10.3 Å². The summed E-state index contributed by atoms with van der Waals surface area (Å²) in [7, 11) is 3.55. The average molecular weight is 498 g/mol. The van der Waals surface area contributed by atoms with Crippen molar-refractivity contribution in [2.24, 2.45) is 4.99 Å². The van der Waals surface area contributed by atoms with Gasteiger partial charge in [-0.3, -0.25) is 19.9 Å². The molecule has 0 atom stereocenters. The second kappa shape index (κ2) is 11.0. The van der Waals surface area contributed by atoms with Gasteiger partial charge in [0.05, 0.1) is 26.6 Å². The molecule has 1 saturated carbocycles. The summed E-state index contributed by atoms with van der Waals surface area (Å²) in [6, 6.07) is 11.1. The molecule has 4 rings (SSSR count). The fourth-order valence-electron chi connectivity index (χ4n) is 3.97. The Labute approximate surface area is 206 Å². The number of nitrogens with zero attached hydrogens (tertiary/aromatic N) is 4. The quantitative estimate of drug-likeness (QED) is 0.189. The maximum Gasteiger partial charge on any atom is 0.293 e. The Hall–Kier alpha value is -2.98. The summed E-state index contributed by atoms with van der Waals surface area (Å²) >= 11 is 2.99. The van der Waals surface area contributed by atoms with E-state index in [0.717, 1.165) is 33.1 Å². The highest BCUT2D eigenvalue weighted by atomic mass is 32.2. The van der Waals surface area contributed by atoms with Crippen LogP contribution in [-0.4, -0.2) is 47.9 Å². The highest BCUT2D eigenvalue weighted by molar-refractivity contribution is 8.01. The van der Waals surface area contributed by atoms with Gasteiger partial charge in [-0.1, -0.05) is 37.1 Å². The van der Waals surface area contributed by atoms with Gasteiger partial charge >= 0.3 is 0 Å². The SMILES string of the molecule is CN(C)c1ccc(C=Nc2ccc3nc(SCC(=O)NC4CCCCC4)sc3c2)cc1[N+](=O)[O-]. The molecule has 1 amide bonds. The van der Waals surface area contributed by atoms with Gasteiger partial charge in [0.15, 0.2) is 4.34 Å². The molecule has 1 N–H and O–H groups in total. The van der Waals surface area contributed by atoms with Gasteiger partial charge in [0.1, 0.15) is 5.69 Å². The predicted molar refractivity (Wildman–Crippen MR) is 140 cm³/mol. The number of thioether (sulfide) groups is 1. The number of carbonyl (C=O) groups is 1. The lowest BCUT2D eigenvalue weighted by Crippen LogP contribution is -2.37. The molecule has 0 bridgehead atoms. The number of hydrogen-bond acceptors (Lipinski definition) is 8. The number of aromatic nitrogens is 1. The Morgan fingerprint density at radius 1 is 1.26 bits per heavy atom. The smallest absolute Gasteiger partial charge is 0.293 e. The zero-order valence-corrected chi connectivity index (χ0v) is 20.8. The first-order valence-corrected chi connectivity index (χ1v) is 13.0. The van der Waals surface area contributed by atoms with Gasteiger partial charge in [0.25, 0.3) is 5.69 Å². The fraction of sp³-hybridized carbons (Fsp3) is 0.375. The van der Waals surface area contributed by atoms with Crippen molar-refractivity contribution < 1.29 is 9.72 Å². The Morgan fingerprint density at radius 2 is 2.06 bits per heavy atom. The van der Waals surface area contributed by atoms with Gasteiger partial charge in [0.2, 0.25) is 5.91 Å². The maximum atomic E-state index is 12.3. The molecule has 1 aromatic heterocycles. The Morgan fingerprint density at radius 3 is 2.79 bits per heavy atom. The number of aliphatic imine (C=N–C) groups is 1. The van der Waals surface area contributed by atoms with E-state index in [-0.39, 0.29) is 16.5 Å². The summed E-state index contributed by atoms with van der Waals surface area (Å²) in [6.07, 6.45) is 7.43. The second-order valence-electron chi connectivity index (χ2n) is 8.48. The summed E-state index contributed by atoms with van der Waals surface area (Å²) in [5, 5.41) is 14.5. The number of nitro benzene ring substituents is 1. The number of hydrogen-bond donors (Lipinski definition) is 1. The van der Waals surface area contributed by atoms with E-state index in [2.05, 4.69) is 15.3 Å². The average Bonchev–Trinajstić information content (AvgIpc) is 3.24. The van der Waals surface area contributed by atoms with Crippen LogP contribution in [0.15, 0.2) is 45.7 Å². The first-order valence-electron chi connectivity index (χ1n) is 11.2. The van der Waals surface area contributed by atoms with Crippen molar-refractivity contribution in [3.8, 4) is 0 Å². The molecule has 0 saturated heterocycles. The first kappa shape index (κ1) is 24.2. The van der Waals surface area contributed by atoms with Crippen LogP contribution in [0.25, 0.3) is 10.2 Å². The lowest BCUT2D eigenvalue weighted by atomic mass is 9.95. The van der Waals surface area contributed by atoms with Crippen LogP contribution < -0.4 is 10.2 Å². The van der Waals surface area contributed by atoms with E-state index in [0.29, 0.717) is 23.0 Å². The van der Waals surface area contributed by atoms with E-state index in [9.17, 15) is 14.9 Å². The molecule has 3 aromatic rings. The number of amides is 1. The summed E-state index contributed by atoms with van der Waals surface area (Å²) in [4.78, 5) is 34.1. The predicted octanol–water partition coefficient (Wildman–Crippen LogP) is 5.56. The number of rotatable bonds is 8. The Bertz CT molecular complexity index is 1220. The van der Waals surface area contributed by atoms with Crippen LogP contribution in [0.3, 0.4) is 0 Å². The molecule has 8 nitrogen and oxygen atoms in total. The molecule has 1 aliphatic carbocycles. The zero-order chi connectivity index (χ0) is 24.1. The molecular formula is C24H27N5O3S2. The van der Waals surface area contributed by atoms with Crippen molar-refractivity contribution >= 4 is 62.5 Å². The number of anilines is 1. The molecule has 0 spiro atoms. The molecule has 2 aromatic carbocycles. The van der Waals surface area contributed by atoms with Crippen LogP contribution in [0.4, 0.5) is 17.1 Å².